The largest absolute Gasteiger partial charge is 0.396 e. The van der Waals surface area contributed by atoms with Gasteiger partial charge in [0.1, 0.15) is 0 Å². The van der Waals surface area contributed by atoms with E-state index in [1.807, 2.05) is 0 Å². The molecule has 1 aromatic heterocycles. The van der Waals surface area contributed by atoms with Crippen LogP contribution in [0.5, 0.6) is 0 Å². The van der Waals surface area contributed by atoms with Crippen LogP contribution in [0, 0.1) is 0 Å². The molecular formula is C14H16N4. The number of rotatable bonds is 2. The minimum atomic E-state index is 0.576. The van der Waals surface area contributed by atoms with Gasteiger partial charge in [-0.25, -0.2) is 9.97 Å². The van der Waals surface area contributed by atoms with E-state index in [1.165, 1.54) is 5.56 Å². The highest BCUT2D eigenvalue weighted by atomic mass is 15.3. The van der Waals surface area contributed by atoms with Crippen LogP contribution in [0.2, 0.25) is 0 Å². The Balaban J connectivity index is 1.74. The highest BCUT2D eigenvalue weighted by molar-refractivity contribution is 5.40. The van der Waals surface area contributed by atoms with Crippen molar-refractivity contribution in [1.82, 2.24) is 9.97 Å². The zero-order chi connectivity index (χ0) is 12.4. The number of hydrogen-bond acceptors (Lipinski definition) is 4. The Morgan fingerprint density at radius 1 is 1.11 bits per heavy atom. The second kappa shape index (κ2) is 4.64. The summed E-state index contributed by atoms with van der Waals surface area (Å²) in [5.41, 5.74) is 7.61. The Bertz CT molecular complexity index is 509. The molecule has 0 aliphatic carbocycles. The third kappa shape index (κ3) is 2.14. The Morgan fingerprint density at radius 2 is 1.83 bits per heavy atom. The van der Waals surface area contributed by atoms with Crippen LogP contribution in [0.25, 0.3) is 0 Å². The van der Waals surface area contributed by atoms with Crippen molar-refractivity contribution in [3.05, 3.63) is 48.3 Å². The first-order valence-corrected chi connectivity index (χ1v) is 6.20. The SMILES string of the molecule is Nc1cnc(N2CCC(c3ccccc3)C2)nc1. The highest BCUT2D eigenvalue weighted by Gasteiger charge is 2.25. The van der Waals surface area contributed by atoms with Crippen molar-refractivity contribution in [3.8, 4) is 0 Å². The van der Waals surface area contributed by atoms with Crippen molar-refractivity contribution in [2.45, 2.75) is 12.3 Å². The summed E-state index contributed by atoms with van der Waals surface area (Å²) >= 11 is 0. The zero-order valence-electron chi connectivity index (χ0n) is 10.2. The molecule has 0 spiro atoms. The molecule has 1 saturated heterocycles. The minimum absolute atomic E-state index is 0.576. The molecule has 0 saturated carbocycles. The van der Waals surface area contributed by atoms with Crippen molar-refractivity contribution in [3.63, 3.8) is 0 Å². The van der Waals surface area contributed by atoms with Gasteiger partial charge in [-0.3, -0.25) is 0 Å². The van der Waals surface area contributed by atoms with E-state index in [2.05, 4.69) is 45.2 Å². The summed E-state index contributed by atoms with van der Waals surface area (Å²) in [5, 5.41) is 0. The van der Waals surface area contributed by atoms with E-state index >= 15 is 0 Å². The fraction of sp³-hybridized carbons (Fsp3) is 0.286. The predicted octanol–water partition coefficient (Wildman–Crippen LogP) is 2.05. The van der Waals surface area contributed by atoms with Gasteiger partial charge in [-0.15, -0.1) is 0 Å². The maximum atomic E-state index is 5.60. The van der Waals surface area contributed by atoms with Gasteiger partial charge in [-0.05, 0) is 12.0 Å². The Labute approximate surface area is 106 Å². The van der Waals surface area contributed by atoms with Crippen LogP contribution >= 0.6 is 0 Å². The van der Waals surface area contributed by atoms with E-state index in [1.54, 1.807) is 12.4 Å². The van der Waals surface area contributed by atoms with Gasteiger partial charge in [0.05, 0.1) is 18.1 Å². The number of nitrogen functional groups attached to an aromatic ring is 1. The quantitative estimate of drug-likeness (QED) is 0.873. The number of hydrogen-bond donors (Lipinski definition) is 1. The second-order valence-corrected chi connectivity index (χ2v) is 4.66. The van der Waals surface area contributed by atoms with Gasteiger partial charge < -0.3 is 10.6 Å². The molecule has 1 unspecified atom stereocenters. The number of aromatic nitrogens is 2. The smallest absolute Gasteiger partial charge is 0.225 e. The van der Waals surface area contributed by atoms with Gasteiger partial charge >= 0.3 is 0 Å². The third-order valence-electron chi connectivity index (χ3n) is 3.40. The van der Waals surface area contributed by atoms with Gasteiger partial charge in [0, 0.05) is 19.0 Å². The van der Waals surface area contributed by atoms with Crippen LogP contribution in [-0.2, 0) is 0 Å². The van der Waals surface area contributed by atoms with Crippen molar-refractivity contribution in [1.29, 1.82) is 0 Å². The first-order valence-electron chi connectivity index (χ1n) is 6.20. The van der Waals surface area contributed by atoms with Crippen LogP contribution in [0.15, 0.2) is 42.7 Å². The van der Waals surface area contributed by atoms with Crippen molar-refractivity contribution in [2.24, 2.45) is 0 Å². The molecule has 3 rings (SSSR count). The molecule has 1 aromatic carbocycles. The third-order valence-corrected chi connectivity index (χ3v) is 3.40. The molecule has 2 aromatic rings. The van der Waals surface area contributed by atoms with Crippen molar-refractivity contribution in [2.75, 3.05) is 23.7 Å². The Hall–Kier alpha value is -2.10. The van der Waals surface area contributed by atoms with Crippen LogP contribution in [0.3, 0.4) is 0 Å². The predicted molar refractivity (Wildman–Crippen MR) is 72.5 cm³/mol. The lowest BCUT2D eigenvalue weighted by atomic mass is 9.99. The highest BCUT2D eigenvalue weighted by Crippen LogP contribution is 2.28. The lowest BCUT2D eigenvalue weighted by Gasteiger charge is -2.16. The maximum absolute atomic E-state index is 5.60. The van der Waals surface area contributed by atoms with Crippen LogP contribution in [0.4, 0.5) is 11.6 Å². The fourth-order valence-corrected chi connectivity index (χ4v) is 2.43. The van der Waals surface area contributed by atoms with Crippen LogP contribution in [0.1, 0.15) is 17.9 Å². The number of anilines is 2. The summed E-state index contributed by atoms with van der Waals surface area (Å²) in [5.74, 6) is 1.36. The average molecular weight is 240 g/mol. The molecule has 0 radical (unpaired) electrons. The molecule has 0 bridgehead atoms. The average Bonchev–Trinajstić information content (AvgIpc) is 2.90. The number of nitrogens with zero attached hydrogens (tertiary/aromatic N) is 3. The van der Waals surface area contributed by atoms with Crippen molar-refractivity contribution >= 4 is 11.6 Å². The molecule has 4 nitrogen and oxygen atoms in total. The molecule has 2 heterocycles. The van der Waals surface area contributed by atoms with E-state index in [9.17, 15) is 0 Å². The molecule has 1 atom stereocenters. The van der Waals surface area contributed by atoms with Crippen LogP contribution in [-0.4, -0.2) is 23.1 Å². The summed E-state index contributed by atoms with van der Waals surface area (Å²) in [4.78, 5) is 10.8. The summed E-state index contributed by atoms with van der Waals surface area (Å²) in [6.07, 6.45) is 4.48. The van der Waals surface area contributed by atoms with Crippen molar-refractivity contribution < 1.29 is 0 Å². The van der Waals surface area contributed by atoms with Gasteiger partial charge in [-0.1, -0.05) is 30.3 Å². The summed E-state index contributed by atoms with van der Waals surface area (Å²) < 4.78 is 0. The lowest BCUT2D eigenvalue weighted by molar-refractivity contribution is 0.773. The molecule has 4 heteroatoms. The van der Waals surface area contributed by atoms with E-state index in [-0.39, 0.29) is 0 Å². The van der Waals surface area contributed by atoms with Gasteiger partial charge in [-0.2, -0.15) is 0 Å². The van der Waals surface area contributed by atoms with Gasteiger partial charge in [0.2, 0.25) is 5.95 Å². The summed E-state index contributed by atoms with van der Waals surface area (Å²) in [6.45, 7) is 1.98. The molecule has 1 aliphatic rings. The monoisotopic (exact) mass is 240 g/mol. The van der Waals surface area contributed by atoms with Gasteiger partial charge in [0.25, 0.3) is 0 Å². The first-order chi connectivity index (χ1) is 8.83. The topological polar surface area (TPSA) is 55.0 Å². The normalized spacial score (nSPS) is 19.1. The van der Waals surface area contributed by atoms with E-state index in [4.69, 9.17) is 5.73 Å². The molecule has 0 amide bonds. The number of nitrogens with two attached hydrogens (primary N) is 1. The van der Waals surface area contributed by atoms with E-state index < -0.39 is 0 Å². The first kappa shape index (κ1) is 11.0. The van der Waals surface area contributed by atoms with Crippen LogP contribution < -0.4 is 10.6 Å². The standard InChI is InChI=1S/C14H16N4/c15-13-8-16-14(17-9-13)18-7-6-12(10-18)11-4-2-1-3-5-11/h1-5,8-9,12H,6-7,10,15H2. The molecular weight excluding hydrogens is 224 g/mol. The minimum Gasteiger partial charge on any atom is -0.396 e. The Kier molecular flexibility index (Phi) is 2.84. The maximum Gasteiger partial charge on any atom is 0.225 e. The zero-order valence-corrected chi connectivity index (χ0v) is 10.2. The van der Waals surface area contributed by atoms with E-state index in [0.717, 1.165) is 25.5 Å². The molecule has 1 fully saturated rings. The number of benzene rings is 1. The molecule has 1 aliphatic heterocycles. The molecule has 92 valence electrons. The lowest BCUT2D eigenvalue weighted by Crippen LogP contribution is -2.21. The Morgan fingerprint density at radius 3 is 2.56 bits per heavy atom. The molecule has 18 heavy (non-hydrogen) atoms. The summed E-state index contributed by atoms with van der Waals surface area (Å²) in [7, 11) is 0. The second-order valence-electron chi connectivity index (χ2n) is 4.66. The van der Waals surface area contributed by atoms with Gasteiger partial charge in [0.15, 0.2) is 0 Å². The fourth-order valence-electron chi connectivity index (χ4n) is 2.43. The summed E-state index contributed by atoms with van der Waals surface area (Å²) in [6, 6.07) is 10.6. The molecule has 2 N–H and O–H groups in total. The van der Waals surface area contributed by atoms with E-state index in [0.29, 0.717) is 11.6 Å².